The van der Waals surface area contributed by atoms with Crippen LogP contribution < -0.4 is 0 Å². The normalized spacial score (nSPS) is 10.5. The second-order valence-corrected chi connectivity index (χ2v) is 3.70. The molecule has 0 heterocycles. The summed E-state index contributed by atoms with van der Waals surface area (Å²) in [5.41, 5.74) is 0.872. The summed E-state index contributed by atoms with van der Waals surface area (Å²) in [6.45, 7) is 0.254. The lowest BCUT2D eigenvalue weighted by Crippen LogP contribution is -1.88. The molecule has 1 aromatic carbocycles. The molecule has 1 rings (SSSR count). The maximum atomic E-state index is 9.49. The molecule has 3 N–H and O–H groups in total. The predicted molar refractivity (Wildman–Crippen MR) is 59.0 cm³/mol. The van der Waals surface area contributed by atoms with E-state index in [0.29, 0.717) is 0 Å². The molecular weight excluding hydrogens is 192 g/mol. The first kappa shape index (κ1) is 11.9. The van der Waals surface area contributed by atoms with Crippen molar-refractivity contribution in [1.82, 2.24) is 0 Å². The van der Waals surface area contributed by atoms with Crippen molar-refractivity contribution in [2.24, 2.45) is 0 Å². The number of hydrogen-bond donors (Lipinski definition) is 3. The number of rotatable bonds is 6. The van der Waals surface area contributed by atoms with Gasteiger partial charge in [-0.15, -0.1) is 0 Å². The van der Waals surface area contributed by atoms with Gasteiger partial charge in [0.2, 0.25) is 0 Å². The van der Waals surface area contributed by atoms with Gasteiger partial charge >= 0.3 is 0 Å². The molecule has 0 bridgehead atoms. The van der Waals surface area contributed by atoms with Crippen LogP contribution in [-0.2, 0) is 6.42 Å². The minimum atomic E-state index is 0.0940. The van der Waals surface area contributed by atoms with Crippen LogP contribution in [0.15, 0.2) is 18.2 Å². The third kappa shape index (κ3) is 4.21. The molecule has 0 atom stereocenters. The highest BCUT2D eigenvalue weighted by Crippen LogP contribution is 2.24. The molecular formula is C12H18O3. The van der Waals surface area contributed by atoms with Gasteiger partial charge < -0.3 is 15.3 Å². The van der Waals surface area contributed by atoms with E-state index in [0.717, 1.165) is 37.7 Å². The van der Waals surface area contributed by atoms with Crippen molar-refractivity contribution in [3.63, 3.8) is 0 Å². The Kier molecular flexibility index (Phi) is 4.98. The van der Waals surface area contributed by atoms with Crippen LogP contribution in [0.2, 0.25) is 0 Å². The van der Waals surface area contributed by atoms with Gasteiger partial charge in [0, 0.05) is 12.7 Å². The Hall–Kier alpha value is -1.22. The van der Waals surface area contributed by atoms with Crippen molar-refractivity contribution < 1.29 is 15.3 Å². The smallest absolute Gasteiger partial charge is 0.122 e. The van der Waals surface area contributed by atoms with Crippen molar-refractivity contribution in [2.75, 3.05) is 6.61 Å². The Morgan fingerprint density at radius 1 is 0.933 bits per heavy atom. The van der Waals surface area contributed by atoms with Crippen LogP contribution in [0.5, 0.6) is 11.5 Å². The second-order valence-electron chi connectivity index (χ2n) is 3.70. The van der Waals surface area contributed by atoms with E-state index >= 15 is 0 Å². The van der Waals surface area contributed by atoms with Crippen LogP contribution in [-0.4, -0.2) is 21.9 Å². The van der Waals surface area contributed by atoms with Crippen molar-refractivity contribution >= 4 is 0 Å². The van der Waals surface area contributed by atoms with Crippen LogP contribution in [0.25, 0.3) is 0 Å². The average Bonchev–Trinajstić information content (AvgIpc) is 2.20. The Bertz CT molecular complexity index is 297. The number of aliphatic hydroxyl groups is 1. The molecule has 84 valence electrons. The highest BCUT2D eigenvalue weighted by molar-refractivity contribution is 5.38. The van der Waals surface area contributed by atoms with Gasteiger partial charge in [0.05, 0.1) is 0 Å². The quantitative estimate of drug-likeness (QED) is 0.631. The summed E-state index contributed by atoms with van der Waals surface area (Å²) in [5.74, 6) is 0.258. The Balaban J connectivity index is 2.31. The van der Waals surface area contributed by atoms with E-state index in [-0.39, 0.29) is 18.1 Å². The summed E-state index contributed by atoms with van der Waals surface area (Å²) in [6, 6.07) is 4.70. The van der Waals surface area contributed by atoms with Crippen molar-refractivity contribution in [3.05, 3.63) is 23.8 Å². The molecule has 0 radical (unpaired) electrons. The average molecular weight is 210 g/mol. The lowest BCUT2D eigenvalue weighted by Gasteiger charge is -2.04. The van der Waals surface area contributed by atoms with E-state index < -0.39 is 0 Å². The molecule has 0 aliphatic heterocycles. The summed E-state index contributed by atoms with van der Waals surface area (Å²) in [7, 11) is 0. The van der Waals surface area contributed by atoms with E-state index in [2.05, 4.69) is 0 Å². The zero-order valence-corrected chi connectivity index (χ0v) is 8.82. The van der Waals surface area contributed by atoms with Gasteiger partial charge in [-0.3, -0.25) is 0 Å². The van der Waals surface area contributed by atoms with Gasteiger partial charge in [-0.1, -0.05) is 18.9 Å². The predicted octanol–water partition coefficient (Wildman–Crippen LogP) is 2.19. The topological polar surface area (TPSA) is 60.7 Å². The second kappa shape index (κ2) is 6.30. The van der Waals surface area contributed by atoms with Gasteiger partial charge in [-0.25, -0.2) is 0 Å². The summed E-state index contributed by atoms with van der Waals surface area (Å²) < 4.78 is 0. The van der Waals surface area contributed by atoms with E-state index in [9.17, 15) is 5.11 Å². The molecule has 0 aromatic heterocycles. The minimum Gasteiger partial charge on any atom is -0.508 e. The molecule has 0 aliphatic carbocycles. The standard InChI is InChI=1S/C12H18O3/c13-8-4-2-1-3-5-10-6-7-11(14)9-12(10)15/h6-7,9,13-15H,1-5,8H2. The fourth-order valence-corrected chi connectivity index (χ4v) is 1.54. The maximum Gasteiger partial charge on any atom is 0.122 e. The molecule has 3 nitrogen and oxygen atoms in total. The fraction of sp³-hybridized carbons (Fsp3) is 0.500. The molecule has 0 saturated carbocycles. The van der Waals surface area contributed by atoms with Crippen molar-refractivity contribution in [3.8, 4) is 11.5 Å². The SMILES string of the molecule is OCCCCCCc1ccc(O)cc1O. The van der Waals surface area contributed by atoms with Crippen LogP contribution >= 0.6 is 0 Å². The number of aryl methyl sites for hydroxylation is 1. The molecule has 15 heavy (non-hydrogen) atoms. The number of phenolic OH excluding ortho intramolecular Hbond substituents is 2. The zero-order chi connectivity index (χ0) is 11.1. The van der Waals surface area contributed by atoms with Gasteiger partial charge in [0.1, 0.15) is 11.5 Å². The highest BCUT2D eigenvalue weighted by atomic mass is 16.3. The van der Waals surface area contributed by atoms with Crippen LogP contribution in [0, 0.1) is 0 Å². The summed E-state index contributed by atoms with van der Waals surface area (Å²) >= 11 is 0. The van der Waals surface area contributed by atoms with Gasteiger partial charge in [0.25, 0.3) is 0 Å². The van der Waals surface area contributed by atoms with Gasteiger partial charge in [0.15, 0.2) is 0 Å². The number of hydrogen-bond acceptors (Lipinski definition) is 3. The summed E-state index contributed by atoms with van der Waals surface area (Å²) in [4.78, 5) is 0. The number of unbranched alkanes of at least 4 members (excludes halogenated alkanes) is 3. The van der Waals surface area contributed by atoms with E-state index in [1.165, 1.54) is 6.07 Å². The molecule has 0 unspecified atom stereocenters. The number of phenols is 2. The van der Waals surface area contributed by atoms with E-state index in [1.807, 2.05) is 0 Å². The zero-order valence-electron chi connectivity index (χ0n) is 8.82. The highest BCUT2D eigenvalue weighted by Gasteiger charge is 2.01. The Morgan fingerprint density at radius 2 is 1.67 bits per heavy atom. The number of aromatic hydroxyl groups is 2. The third-order valence-electron chi connectivity index (χ3n) is 2.42. The van der Waals surface area contributed by atoms with Crippen molar-refractivity contribution in [2.45, 2.75) is 32.1 Å². The molecule has 3 heteroatoms. The van der Waals surface area contributed by atoms with E-state index in [1.54, 1.807) is 12.1 Å². The van der Waals surface area contributed by atoms with Crippen molar-refractivity contribution in [1.29, 1.82) is 0 Å². The van der Waals surface area contributed by atoms with Gasteiger partial charge in [-0.05, 0) is 30.9 Å². The minimum absolute atomic E-state index is 0.0940. The Morgan fingerprint density at radius 3 is 2.33 bits per heavy atom. The van der Waals surface area contributed by atoms with Crippen LogP contribution in [0.1, 0.15) is 31.2 Å². The molecule has 0 spiro atoms. The molecule has 0 aliphatic rings. The largest absolute Gasteiger partial charge is 0.508 e. The first-order valence-corrected chi connectivity index (χ1v) is 5.36. The maximum absolute atomic E-state index is 9.49. The van der Waals surface area contributed by atoms with Crippen LogP contribution in [0.4, 0.5) is 0 Å². The Labute approximate surface area is 90.0 Å². The third-order valence-corrected chi connectivity index (χ3v) is 2.42. The summed E-state index contributed by atoms with van der Waals surface area (Å²) in [6.07, 6.45) is 4.74. The van der Waals surface area contributed by atoms with Gasteiger partial charge in [-0.2, -0.15) is 0 Å². The monoisotopic (exact) mass is 210 g/mol. The van der Waals surface area contributed by atoms with Crippen LogP contribution in [0.3, 0.4) is 0 Å². The first-order valence-electron chi connectivity index (χ1n) is 5.36. The lowest BCUT2D eigenvalue weighted by molar-refractivity contribution is 0.282. The molecule has 1 aromatic rings. The number of benzene rings is 1. The summed E-state index contributed by atoms with van der Waals surface area (Å²) in [5, 5.41) is 27.2. The molecule has 0 fully saturated rings. The fourth-order valence-electron chi connectivity index (χ4n) is 1.54. The van der Waals surface area contributed by atoms with E-state index in [4.69, 9.17) is 10.2 Å². The lowest BCUT2D eigenvalue weighted by atomic mass is 10.1. The number of aliphatic hydroxyl groups excluding tert-OH is 1. The molecule has 0 saturated heterocycles. The molecule has 0 amide bonds. The first-order chi connectivity index (χ1) is 7.24.